The third-order valence-corrected chi connectivity index (χ3v) is 6.10. The van der Waals surface area contributed by atoms with Crippen molar-refractivity contribution in [3.63, 3.8) is 0 Å². The van der Waals surface area contributed by atoms with Crippen LogP contribution in [0.5, 0.6) is 0 Å². The number of rotatable bonds is 5. The SMILES string of the molecule is Cc1nn(-c2ccc(F)cc2)c(Cl)c1C=CC(=O)NNC(=O)c1cc(-c2cccnc2)nc2ccccc12. The molecule has 0 saturated carbocycles. The average Bonchev–Trinajstić information content (AvgIpc) is 3.23. The van der Waals surface area contributed by atoms with Gasteiger partial charge in [-0.15, -0.1) is 0 Å². The van der Waals surface area contributed by atoms with E-state index >= 15 is 0 Å². The van der Waals surface area contributed by atoms with Gasteiger partial charge in [0.25, 0.3) is 11.8 Å². The molecule has 0 aliphatic rings. The molecule has 0 fully saturated rings. The molecule has 0 saturated heterocycles. The van der Waals surface area contributed by atoms with Crippen molar-refractivity contribution in [3.05, 3.63) is 113 Å². The molecule has 0 atom stereocenters. The molecule has 0 aliphatic heterocycles. The first kappa shape index (κ1) is 24.8. The van der Waals surface area contributed by atoms with Gasteiger partial charge >= 0.3 is 0 Å². The lowest BCUT2D eigenvalue weighted by Crippen LogP contribution is -2.40. The van der Waals surface area contributed by atoms with Gasteiger partial charge in [-0.05, 0) is 61.5 Å². The van der Waals surface area contributed by atoms with E-state index in [4.69, 9.17) is 11.6 Å². The molecular weight excluding hydrogens is 507 g/mol. The lowest BCUT2D eigenvalue weighted by atomic mass is 10.0. The van der Waals surface area contributed by atoms with Gasteiger partial charge in [-0.25, -0.2) is 14.1 Å². The predicted octanol–water partition coefficient (Wildman–Crippen LogP) is 5.06. The topological polar surface area (TPSA) is 102 Å². The second-order valence-corrected chi connectivity index (χ2v) is 8.63. The summed E-state index contributed by atoms with van der Waals surface area (Å²) in [5, 5.41) is 5.26. The van der Waals surface area contributed by atoms with E-state index < -0.39 is 11.8 Å². The number of aryl methyl sites for hydroxylation is 1. The summed E-state index contributed by atoms with van der Waals surface area (Å²) >= 11 is 6.46. The molecule has 2 aromatic carbocycles. The van der Waals surface area contributed by atoms with Gasteiger partial charge in [-0.2, -0.15) is 5.10 Å². The second kappa shape index (κ2) is 10.6. The van der Waals surface area contributed by atoms with E-state index in [2.05, 4.69) is 25.9 Å². The minimum atomic E-state index is -0.575. The summed E-state index contributed by atoms with van der Waals surface area (Å²) in [7, 11) is 0. The van der Waals surface area contributed by atoms with E-state index in [1.165, 1.54) is 29.0 Å². The molecule has 188 valence electrons. The summed E-state index contributed by atoms with van der Waals surface area (Å²) in [6, 6.07) is 18.2. The van der Waals surface area contributed by atoms with Crippen LogP contribution in [-0.4, -0.2) is 31.6 Å². The fourth-order valence-corrected chi connectivity index (χ4v) is 4.20. The van der Waals surface area contributed by atoms with Crippen LogP contribution in [0.1, 0.15) is 21.6 Å². The van der Waals surface area contributed by atoms with Crippen LogP contribution in [0, 0.1) is 12.7 Å². The van der Waals surface area contributed by atoms with Crippen molar-refractivity contribution < 1.29 is 14.0 Å². The molecule has 0 radical (unpaired) electrons. The molecule has 5 rings (SSSR count). The first-order chi connectivity index (χ1) is 18.4. The third kappa shape index (κ3) is 5.14. The highest BCUT2D eigenvalue weighted by atomic mass is 35.5. The largest absolute Gasteiger partial charge is 0.270 e. The fraction of sp³-hybridized carbons (Fsp3) is 0.0357. The summed E-state index contributed by atoms with van der Waals surface area (Å²) in [6.07, 6.45) is 6.05. The number of fused-ring (bicyclic) bond motifs is 1. The van der Waals surface area contributed by atoms with Crippen LogP contribution >= 0.6 is 11.6 Å². The highest BCUT2D eigenvalue weighted by Crippen LogP contribution is 2.26. The number of carbonyl (C=O) groups excluding carboxylic acids is 2. The van der Waals surface area contributed by atoms with Gasteiger partial charge in [0, 0.05) is 35.0 Å². The average molecular weight is 527 g/mol. The number of para-hydroxylation sites is 1. The molecular formula is C28H20ClFN6O2. The van der Waals surface area contributed by atoms with Crippen molar-refractivity contribution in [1.82, 2.24) is 30.6 Å². The maximum absolute atomic E-state index is 13.3. The molecule has 3 heterocycles. The Morgan fingerprint density at radius 2 is 1.82 bits per heavy atom. The van der Waals surface area contributed by atoms with E-state index in [-0.39, 0.29) is 11.0 Å². The van der Waals surface area contributed by atoms with Crippen LogP contribution in [0.2, 0.25) is 5.15 Å². The lowest BCUT2D eigenvalue weighted by Gasteiger charge is -2.10. The quantitative estimate of drug-likeness (QED) is 0.246. The first-order valence-electron chi connectivity index (χ1n) is 11.5. The number of nitrogens with one attached hydrogen (secondary N) is 2. The number of hydrogen-bond donors (Lipinski definition) is 2. The van der Waals surface area contributed by atoms with Gasteiger partial charge in [0.1, 0.15) is 11.0 Å². The first-order valence-corrected chi connectivity index (χ1v) is 11.9. The Hall–Kier alpha value is -4.89. The van der Waals surface area contributed by atoms with Crippen molar-refractivity contribution in [2.75, 3.05) is 0 Å². The summed E-state index contributed by atoms with van der Waals surface area (Å²) < 4.78 is 14.7. The van der Waals surface area contributed by atoms with Gasteiger partial charge in [0.2, 0.25) is 0 Å². The Labute approximate surface area is 221 Å². The van der Waals surface area contributed by atoms with Crippen molar-refractivity contribution in [2.45, 2.75) is 6.92 Å². The highest BCUT2D eigenvalue weighted by molar-refractivity contribution is 6.31. The smallest absolute Gasteiger partial charge is 0.268 e. The molecule has 38 heavy (non-hydrogen) atoms. The van der Waals surface area contributed by atoms with E-state index in [1.54, 1.807) is 49.6 Å². The molecule has 0 bridgehead atoms. The van der Waals surface area contributed by atoms with Crippen LogP contribution in [-0.2, 0) is 4.79 Å². The molecule has 5 aromatic rings. The van der Waals surface area contributed by atoms with Crippen molar-refractivity contribution in [2.24, 2.45) is 0 Å². The number of hydrogen-bond acceptors (Lipinski definition) is 5. The Kier molecular flexibility index (Phi) is 6.92. The molecule has 2 amide bonds. The van der Waals surface area contributed by atoms with Crippen molar-refractivity contribution in [3.8, 4) is 16.9 Å². The minimum absolute atomic E-state index is 0.258. The van der Waals surface area contributed by atoms with Crippen LogP contribution < -0.4 is 10.9 Å². The van der Waals surface area contributed by atoms with Crippen LogP contribution in [0.25, 0.3) is 33.9 Å². The number of halogens is 2. The van der Waals surface area contributed by atoms with E-state index in [9.17, 15) is 14.0 Å². The Morgan fingerprint density at radius 1 is 1.03 bits per heavy atom. The van der Waals surface area contributed by atoms with Gasteiger partial charge in [-0.1, -0.05) is 29.8 Å². The molecule has 10 heteroatoms. The maximum atomic E-state index is 13.3. The zero-order valence-corrected chi connectivity index (χ0v) is 20.8. The predicted molar refractivity (Wildman–Crippen MR) is 143 cm³/mol. The fourth-order valence-electron chi connectivity index (χ4n) is 3.87. The third-order valence-electron chi connectivity index (χ3n) is 5.74. The number of pyridine rings is 2. The number of hydrazine groups is 1. The van der Waals surface area contributed by atoms with E-state index in [0.717, 1.165) is 5.56 Å². The maximum Gasteiger partial charge on any atom is 0.270 e. The molecule has 3 aromatic heterocycles. The Balaban J connectivity index is 1.32. The van der Waals surface area contributed by atoms with Gasteiger partial charge in [0.15, 0.2) is 0 Å². The van der Waals surface area contributed by atoms with Gasteiger partial charge in [-0.3, -0.25) is 25.4 Å². The monoisotopic (exact) mass is 526 g/mol. The molecule has 0 spiro atoms. The summed E-state index contributed by atoms with van der Waals surface area (Å²) in [5.74, 6) is -1.45. The van der Waals surface area contributed by atoms with Gasteiger partial charge in [0.05, 0.1) is 28.2 Å². The molecule has 0 aliphatic carbocycles. The highest BCUT2D eigenvalue weighted by Gasteiger charge is 2.16. The van der Waals surface area contributed by atoms with E-state index in [1.807, 2.05) is 24.3 Å². The van der Waals surface area contributed by atoms with Crippen molar-refractivity contribution >= 4 is 40.4 Å². The lowest BCUT2D eigenvalue weighted by molar-refractivity contribution is -0.117. The number of amides is 2. The number of benzene rings is 2. The summed E-state index contributed by atoms with van der Waals surface area (Å²) in [6.45, 7) is 1.74. The standard InChI is InChI=1S/C28H20ClFN6O2/c1-17-21(27(29)36(35-17)20-10-8-19(30)9-11-20)12-13-26(37)33-34-28(38)23-15-25(18-5-4-14-31-16-18)32-24-7-3-2-6-22(23)24/h2-16H,1H3,(H,33,37)(H,34,38). The number of nitrogens with zero attached hydrogens (tertiary/aromatic N) is 4. The summed E-state index contributed by atoms with van der Waals surface area (Å²) in [4.78, 5) is 34.3. The molecule has 0 unspecified atom stereocenters. The Morgan fingerprint density at radius 3 is 2.58 bits per heavy atom. The zero-order chi connectivity index (χ0) is 26.6. The van der Waals surface area contributed by atoms with Crippen molar-refractivity contribution in [1.29, 1.82) is 0 Å². The van der Waals surface area contributed by atoms with Crippen LogP contribution in [0.15, 0.2) is 85.2 Å². The Bertz CT molecular complexity index is 1680. The summed E-state index contributed by atoms with van der Waals surface area (Å²) in [5.41, 5.74) is 8.81. The number of carbonyl (C=O) groups is 2. The minimum Gasteiger partial charge on any atom is -0.268 e. The zero-order valence-electron chi connectivity index (χ0n) is 20.0. The normalized spacial score (nSPS) is 11.1. The molecule has 2 N–H and O–H groups in total. The number of aromatic nitrogens is 4. The second-order valence-electron chi connectivity index (χ2n) is 8.27. The molecule has 8 nitrogen and oxygen atoms in total. The van der Waals surface area contributed by atoms with E-state index in [0.29, 0.717) is 39.1 Å². The van der Waals surface area contributed by atoms with Gasteiger partial charge < -0.3 is 0 Å². The van der Waals surface area contributed by atoms with Crippen LogP contribution in [0.3, 0.4) is 0 Å². The van der Waals surface area contributed by atoms with Crippen LogP contribution in [0.4, 0.5) is 4.39 Å².